The van der Waals surface area contributed by atoms with E-state index in [-0.39, 0.29) is 31.7 Å². The molecule has 2 aliphatic carbocycles. The number of hydrogen-bond donors (Lipinski definition) is 3. The Balaban J connectivity index is 1.18. The number of allylic oxidation sites excluding steroid dienone is 1. The molecule has 3 fully saturated rings. The topological polar surface area (TPSA) is 198 Å². The van der Waals surface area contributed by atoms with Crippen molar-refractivity contribution in [1.82, 2.24) is 24.8 Å². The number of carbonyl (C=O) groups is 4. The number of pyridine rings is 1. The summed E-state index contributed by atoms with van der Waals surface area (Å²) in [4.78, 5) is 63.7. The van der Waals surface area contributed by atoms with Gasteiger partial charge in [0.1, 0.15) is 40.6 Å². The van der Waals surface area contributed by atoms with Crippen LogP contribution in [0, 0.1) is 5.92 Å². The van der Waals surface area contributed by atoms with E-state index in [4.69, 9.17) is 18.9 Å². The number of hydrogen-bond acceptors (Lipinski definition) is 10. The number of carboxylic acid groups (broad SMARTS) is 1. The minimum atomic E-state index is -3.93. The van der Waals surface area contributed by atoms with Crippen LogP contribution in [0.3, 0.4) is 0 Å². The molecule has 0 unspecified atom stereocenters. The van der Waals surface area contributed by atoms with E-state index in [0.29, 0.717) is 65.3 Å². The number of methoxy groups -OCH3 is 1. The number of nitrogens with zero attached hydrogens (tertiary/aromatic N) is 3. The van der Waals surface area contributed by atoms with E-state index in [1.807, 2.05) is 42.5 Å². The summed E-state index contributed by atoms with van der Waals surface area (Å²) in [7, 11) is -2.36. The predicted octanol–water partition coefficient (Wildman–Crippen LogP) is 5.64. The van der Waals surface area contributed by atoms with Crippen LogP contribution in [0.2, 0.25) is 0 Å². The molecule has 2 aromatic carbocycles. The quantitative estimate of drug-likeness (QED) is 0.195. The molecule has 2 aromatic heterocycles. The molecule has 0 radical (unpaired) electrons. The smallest absolute Gasteiger partial charge is 0.408 e. The highest BCUT2D eigenvalue weighted by molar-refractivity contribution is 7.91. The van der Waals surface area contributed by atoms with Gasteiger partial charge in [0.25, 0.3) is 5.91 Å². The lowest BCUT2D eigenvalue weighted by Crippen LogP contribution is -2.60. The van der Waals surface area contributed by atoms with Crippen molar-refractivity contribution in [1.29, 1.82) is 0 Å². The van der Waals surface area contributed by atoms with Gasteiger partial charge in [0.05, 0.1) is 24.3 Å². The van der Waals surface area contributed by atoms with E-state index in [9.17, 15) is 32.7 Å². The van der Waals surface area contributed by atoms with Gasteiger partial charge in [-0.25, -0.2) is 18.2 Å². The number of sulfonamides is 1. The third-order valence-electron chi connectivity index (χ3n) is 11.8. The summed E-state index contributed by atoms with van der Waals surface area (Å²) >= 11 is 0. The molecule has 3 N–H and O–H groups in total. The van der Waals surface area contributed by atoms with Gasteiger partial charge in [-0.05, 0) is 83.6 Å². The summed E-state index contributed by atoms with van der Waals surface area (Å²) in [5.74, 6) is -1.63. The molecule has 5 atom stereocenters. The molecule has 308 valence electrons. The number of rotatable bonds is 7. The number of fused-ring (bicyclic) bond motifs is 7. The van der Waals surface area contributed by atoms with E-state index in [1.54, 1.807) is 40.0 Å². The van der Waals surface area contributed by atoms with Gasteiger partial charge in [-0.2, -0.15) is 0 Å². The number of carbonyl (C=O) groups excluding carboxylic acids is 3. The van der Waals surface area contributed by atoms with Crippen molar-refractivity contribution in [2.45, 2.75) is 113 Å². The van der Waals surface area contributed by atoms with Gasteiger partial charge >= 0.3 is 6.09 Å². The van der Waals surface area contributed by atoms with Crippen LogP contribution in [0.1, 0.15) is 78.6 Å². The Labute approximate surface area is 336 Å². The lowest BCUT2D eigenvalue weighted by Gasteiger charge is -2.41. The molecule has 4 aromatic rings. The van der Waals surface area contributed by atoms with Crippen LogP contribution in [0.4, 0.5) is 4.79 Å². The second-order valence-corrected chi connectivity index (χ2v) is 18.9. The summed E-state index contributed by atoms with van der Waals surface area (Å²) in [5.41, 5.74) is -0.820. The van der Waals surface area contributed by atoms with E-state index in [1.165, 1.54) is 4.90 Å². The van der Waals surface area contributed by atoms with E-state index in [0.717, 1.165) is 16.7 Å². The molecule has 8 rings (SSSR count). The first-order chi connectivity index (χ1) is 27.6. The highest BCUT2D eigenvalue weighted by Gasteiger charge is 2.62. The first-order valence-corrected chi connectivity index (χ1v) is 21.5. The Morgan fingerprint density at radius 1 is 1.05 bits per heavy atom. The fraction of sp³-hybridized carbons (Fsp3) is 0.500. The van der Waals surface area contributed by atoms with Crippen LogP contribution in [0.25, 0.3) is 32.8 Å². The Morgan fingerprint density at radius 2 is 1.81 bits per heavy atom. The highest BCUT2D eigenvalue weighted by Crippen LogP contribution is 2.46. The Hall–Kier alpha value is -5.38. The minimum Gasteiger partial charge on any atom is -0.497 e. The Morgan fingerprint density at radius 3 is 2.52 bits per heavy atom. The SMILES string of the molecule is COc1ccc2oc3c4ccccc4c(O[C@@H]4C[C@H]5C(=O)N[C@]6(C(=O)NS(=O)(=O)C7CC7)C[C@H]6/C=C\CCCCC[C@H](N(C(=O)O)C(C)(C)C)C(=O)N5C4)nc3c2c1. The van der Waals surface area contributed by atoms with Gasteiger partial charge in [0.15, 0.2) is 5.58 Å². The van der Waals surface area contributed by atoms with Crippen LogP contribution < -0.4 is 19.5 Å². The first kappa shape index (κ1) is 39.4. The zero-order chi connectivity index (χ0) is 41.1. The van der Waals surface area contributed by atoms with Gasteiger partial charge < -0.3 is 29.2 Å². The lowest BCUT2D eigenvalue weighted by atomic mass is 9.98. The maximum atomic E-state index is 14.9. The van der Waals surface area contributed by atoms with Crippen molar-refractivity contribution in [3.63, 3.8) is 0 Å². The van der Waals surface area contributed by atoms with Crippen LogP contribution in [-0.4, -0.2) is 100 Å². The van der Waals surface area contributed by atoms with Gasteiger partial charge in [-0.1, -0.05) is 43.2 Å². The average molecular weight is 816 g/mol. The maximum absolute atomic E-state index is 14.9. The number of ether oxygens (including phenoxy) is 2. The normalized spacial score (nSPS) is 26.2. The number of furan rings is 1. The van der Waals surface area contributed by atoms with Gasteiger partial charge in [0.2, 0.25) is 27.7 Å². The fourth-order valence-corrected chi connectivity index (χ4v) is 9.95. The third-order valence-corrected chi connectivity index (χ3v) is 13.6. The highest BCUT2D eigenvalue weighted by atomic mass is 32.2. The predicted molar refractivity (Wildman–Crippen MR) is 215 cm³/mol. The average Bonchev–Trinajstić information content (AvgIpc) is 4.08. The molecule has 4 heterocycles. The molecule has 4 amide bonds. The van der Waals surface area contributed by atoms with Crippen LogP contribution >= 0.6 is 0 Å². The van der Waals surface area contributed by atoms with Crippen molar-refractivity contribution in [3.05, 3.63) is 54.6 Å². The number of nitrogens with one attached hydrogen (secondary N) is 2. The molecule has 4 aliphatic rings. The summed E-state index contributed by atoms with van der Waals surface area (Å²) < 4.78 is 46.5. The molecular weight excluding hydrogens is 767 g/mol. The second-order valence-electron chi connectivity index (χ2n) is 16.9. The van der Waals surface area contributed by atoms with Crippen molar-refractivity contribution in [3.8, 4) is 11.6 Å². The minimum absolute atomic E-state index is 0.0144. The van der Waals surface area contributed by atoms with Gasteiger partial charge in [-0.15, -0.1) is 0 Å². The van der Waals surface area contributed by atoms with E-state index < -0.39 is 74.3 Å². The van der Waals surface area contributed by atoms with Crippen LogP contribution in [0.15, 0.2) is 59.0 Å². The number of amides is 4. The van der Waals surface area contributed by atoms with Crippen molar-refractivity contribution >= 4 is 66.7 Å². The van der Waals surface area contributed by atoms with E-state index in [2.05, 4.69) is 10.0 Å². The standard InChI is InChI=1S/C42H49N5O10S/c1-41(2,3)47(40(51)52)31-15-9-7-5-6-8-12-24-22-42(24,39(50)45-58(53,54)27-17-18-27)44-36(48)32-21-26(23-46(32)38(31)49)56-37-29-14-11-10-13-28(29)35-34(43-37)30-20-25(55-4)16-19-33(30)57-35/h8,10-14,16,19-20,24,26-27,31-32H,5-7,9,15,17-18,21-23H2,1-4H3,(H,44,48)(H,45,50)(H,51,52)/b12-8-/t24-,26-,31+,32+,42-/m1/s1. The van der Waals surface area contributed by atoms with Crippen molar-refractivity contribution < 1.29 is 46.6 Å². The van der Waals surface area contributed by atoms with Crippen molar-refractivity contribution in [2.24, 2.45) is 5.92 Å². The van der Waals surface area contributed by atoms with Gasteiger partial charge in [-0.3, -0.25) is 24.0 Å². The van der Waals surface area contributed by atoms with Crippen molar-refractivity contribution in [2.75, 3.05) is 13.7 Å². The molecule has 16 heteroatoms. The first-order valence-electron chi connectivity index (χ1n) is 19.9. The number of aromatic nitrogens is 1. The Kier molecular flexibility index (Phi) is 10.0. The lowest BCUT2D eigenvalue weighted by molar-refractivity contribution is -0.144. The zero-order valence-electron chi connectivity index (χ0n) is 33.0. The molecule has 15 nitrogen and oxygen atoms in total. The summed E-state index contributed by atoms with van der Waals surface area (Å²) in [6.07, 6.45) is 5.72. The molecule has 1 saturated heterocycles. The summed E-state index contributed by atoms with van der Waals surface area (Å²) in [6.45, 7) is 5.09. The zero-order valence-corrected chi connectivity index (χ0v) is 33.8. The molecule has 2 aliphatic heterocycles. The molecular formula is C42H49N5O10S. The molecule has 2 saturated carbocycles. The number of benzene rings is 2. The molecule has 58 heavy (non-hydrogen) atoms. The monoisotopic (exact) mass is 815 g/mol. The molecule has 0 spiro atoms. The Bertz CT molecular complexity index is 2450. The summed E-state index contributed by atoms with van der Waals surface area (Å²) in [6, 6.07) is 10.6. The maximum Gasteiger partial charge on any atom is 0.408 e. The van der Waals surface area contributed by atoms with Crippen LogP contribution in [0.5, 0.6) is 11.6 Å². The van der Waals surface area contributed by atoms with Crippen LogP contribution in [-0.2, 0) is 24.4 Å². The third kappa shape index (κ3) is 7.30. The molecule has 0 bridgehead atoms. The van der Waals surface area contributed by atoms with Gasteiger partial charge in [0, 0.05) is 28.7 Å². The van der Waals surface area contributed by atoms with E-state index >= 15 is 0 Å². The summed E-state index contributed by atoms with van der Waals surface area (Å²) in [5, 5.41) is 14.8. The second kappa shape index (κ2) is 14.8. The largest absolute Gasteiger partial charge is 0.497 e. The fourth-order valence-electron chi connectivity index (χ4n) is 8.58.